The normalized spacial score (nSPS) is 10.6. The van der Waals surface area contributed by atoms with Gasteiger partial charge >= 0.3 is 0 Å². The molecule has 1 aromatic carbocycles. The number of rotatable bonds is 3. The number of Topliss-reactive ketones (excluding diaryl/α,β-unsaturated/α-hetero) is 1. The van der Waals surface area contributed by atoms with Gasteiger partial charge in [-0.3, -0.25) is 4.79 Å². The maximum Gasteiger partial charge on any atom is 0.134 e. The quantitative estimate of drug-likeness (QED) is 0.804. The fraction of sp³-hybridized carbons (Fsp3) is 0.417. The van der Waals surface area contributed by atoms with Gasteiger partial charge in [-0.05, 0) is 36.1 Å². The van der Waals surface area contributed by atoms with Crippen molar-refractivity contribution in [3.8, 4) is 0 Å². The molecule has 2 heteroatoms. The maximum absolute atomic E-state index is 11.0. The average Bonchev–Trinajstić information content (AvgIpc) is 2.01. The van der Waals surface area contributed by atoms with Crippen LogP contribution < -0.4 is 0 Å². The summed E-state index contributed by atoms with van der Waals surface area (Å²) in [4.78, 5) is 11.0. The Hall–Kier alpha value is -0.630. The van der Waals surface area contributed by atoms with Crippen LogP contribution in [-0.2, 0) is 11.2 Å². The zero-order valence-corrected chi connectivity index (χ0v) is 10.4. The minimum Gasteiger partial charge on any atom is -0.300 e. The van der Waals surface area contributed by atoms with Gasteiger partial charge in [0.15, 0.2) is 0 Å². The van der Waals surface area contributed by atoms with Crippen LogP contribution in [0.3, 0.4) is 0 Å². The molecule has 1 rings (SSSR count). The summed E-state index contributed by atoms with van der Waals surface area (Å²) in [5.41, 5.74) is 2.37. The van der Waals surface area contributed by atoms with Crippen LogP contribution in [0, 0.1) is 0 Å². The number of carbonyl (C=O) groups is 1. The molecule has 0 aliphatic rings. The Morgan fingerprint density at radius 3 is 2.50 bits per heavy atom. The molecule has 0 saturated heterocycles. The van der Waals surface area contributed by atoms with E-state index in [0.717, 1.165) is 10.0 Å². The highest BCUT2D eigenvalue weighted by Crippen LogP contribution is 2.22. The molecule has 0 atom stereocenters. The van der Waals surface area contributed by atoms with Gasteiger partial charge in [-0.1, -0.05) is 35.8 Å². The van der Waals surface area contributed by atoms with E-state index in [1.807, 2.05) is 6.07 Å². The Balaban J connectivity index is 3.01. The summed E-state index contributed by atoms with van der Waals surface area (Å²) in [6.45, 7) is 5.93. The van der Waals surface area contributed by atoms with Gasteiger partial charge in [0.25, 0.3) is 0 Å². The molecule has 0 spiro atoms. The molecule has 0 N–H and O–H groups in total. The number of benzene rings is 1. The number of carbonyl (C=O) groups excluding carboxylic acids is 1. The van der Waals surface area contributed by atoms with Crippen LogP contribution in [0.1, 0.15) is 37.8 Å². The van der Waals surface area contributed by atoms with Crippen molar-refractivity contribution < 1.29 is 4.79 Å². The lowest BCUT2D eigenvalue weighted by molar-refractivity contribution is -0.116. The SMILES string of the molecule is CC(=O)Cc1cc(Br)cc(C(C)C)c1. The molecule has 0 unspecified atom stereocenters. The molecule has 1 nitrogen and oxygen atoms in total. The lowest BCUT2D eigenvalue weighted by Crippen LogP contribution is -1.98. The Kier molecular flexibility index (Phi) is 3.87. The fourth-order valence-electron chi connectivity index (χ4n) is 1.40. The number of hydrogen-bond donors (Lipinski definition) is 0. The molecule has 0 aromatic heterocycles. The van der Waals surface area contributed by atoms with E-state index in [0.29, 0.717) is 12.3 Å². The van der Waals surface area contributed by atoms with Crippen LogP contribution in [-0.4, -0.2) is 5.78 Å². The molecule has 1 aromatic rings. The zero-order chi connectivity index (χ0) is 10.7. The summed E-state index contributed by atoms with van der Waals surface area (Å²) >= 11 is 3.46. The van der Waals surface area contributed by atoms with E-state index in [2.05, 4.69) is 41.9 Å². The van der Waals surface area contributed by atoms with Crippen LogP contribution in [0.2, 0.25) is 0 Å². The smallest absolute Gasteiger partial charge is 0.134 e. The van der Waals surface area contributed by atoms with Gasteiger partial charge in [0.2, 0.25) is 0 Å². The van der Waals surface area contributed by atoms with Crippen LogP contribution in [0.4, 0.5) is 0 Å². The van der Waals surface area contributed by atoms with Crippen molar-refractivity contribution in [1.29, 1.82) is 0 Å². The van der Waals surface area contributed by atoms with Gasteiger partial charge in [0, 0.05) is 10.9 Å². The third-order valence-corrected chi connectivity index (χ3v) is 2.56. The predicted octanol–water partition coefficient (Wildman–Crippen LogP) is 3.70. The highest BCUT2D eigenvalue weighted by Gasteiger charge is 2.04. The van der Waals surface area contributed by atoms with Gasteiger partial charge in [0.05, 0.1) is 0 Å². The second-order valence-corrected chi connectivity index (χ2v) is 4.84. The van der Waals surface area contributed by atoms with Crippen molar-refractivity contribution in [2.45, 2.75) is 33.1 Å². The lowest BCUT2D eigenvalue weighted by atomic mass is 9.99. The first-order valence-electron chi connectivity index (χ1n) is 4.78. The molecule has 0 bridgehead atoms. The van der Waals surface area contributed by atoms with Crippen molar-refractivity contribution in [1.82, 2.24) is 0 Å². The monoisotopic (exact) mass is 254 g/mol. The largest absolute Gasteiger partial charge is 0.300 e. The Bertz CT molecular complexity index is 342. The Morgan fingerprint density at radius 1 is 1.36 bits per heavy atom. The van der Waals surface area contributed by atoms with Crippen molar-refractivity contribution in [2.24, 2.45) is 0 Å². The summed E-state index contributed by atoms with van der Waals surface area (Å²) in [5, 5.41) is 0. The van der Waals surface area contributed by atoms with Crippen LogP contribution >= 0.6 is 15.9 Å². The van der Waals surface area contributed by atoms with E-state index in [1.165, 1.54) is 5.56 Å². The van der Waals surface area contributed by atoms with Crippen molar-refractivity contribution >= 4 is 21.7 Å². The predicted molar refractivity (Wildman–Crippen MR) is 62.6 cm³/mol. The fourth-order valence-corrected chi connectivity index (χ4v) is 1.96. The summed E-state index contributed by atoms with van der Waals surface area (Å²) in [7, 11) is 0. The summed E-state index contributed by atoms with van der Waals surface area (Å²) in [5.74, 6) is 0.705. The first-order valence-corrected chi connectivity index (χ1v) is 5.57. The average molecular weight is 255 g/mol. The van der Waals surface area contributed by atoms with Crippen LogP contribution in [0.25, 0.3) is 0 Å². The second-order valence-electron chi connectivity index (χ2n) is 3.93. The maximum atomic E-state index is 11.0. The zero-order valence-electron chi connectivity index (χ0n) is 8.80. The molecule has 0 aliphatic carbocycles. The second kappa shape index (κ2) is 4.74. The molecular formula is C12H15BrO. The summed E-state index contributed by atoms with van der Waals surface area (Å²) < 4.78 is 1.06. The first kappa shape index (κ1) is 11.4. The minimum absolute atomic E-state index is 0.206. The minimum atomic E-state index is 0.206. The van der Waals surface area contributed by atoms with Gasteiger partial charge in [-0.25, -0.2) is 0 Å². The van der Waals surface area contributed by atoms with Gasteiger partial charge in [-0.2, -0.15) is 0 Å². The van der Waals surface area contributed by atoms with Crippen LogP contribution in [0.15, 0.2) is 22.7 Å². The van der Waals surface area contributed by atoms with E-state index in [-0.39, 0.29) is 5.78 Å². The van der Waals surface area contributed by atoms with E-state index >= 15 is 0 Å². The highest BCUT2D eigenvalue weighted by molar-refractivity contribution is 9.10. The van der Waals surface area contributed by atoms with E-state index in [1.54, 1.807) is 6.92 Å². The molecule has 0 radical (unpaired) electrons. The first-order chi connectivity index (χ1) is 6.49. The van der Waals surface area contributed by atoms with Gasteiger partial charge < -0.3 is 0 Å². The van der Waals surface area contributed by atoms with Gasteiger partial charge in [-0.15, -0.1) is 0 Å². The molecule has 0 saturated carbocycles. The third-order valence-electron chi connectivity index (χ3n) is 2.10. The number of hydrogen-bond acceptors (Lipinski definition) is 1. The molecule has 14 heavy (non-hydrogen) atoms. The Labute approximate surface area is 93.7 Å². The number of halogens is 1. The van der Waals surface area contributed by atoms with Crippen molar-refractivity contribution in [3.05, 3.63) is 33.8 Å². The van der Waals surface area contributed by atoms with E-state index < -0.39 is 0 Å². The Morgan fingerprint density at radius 2 is 2.00 bits per heavy atom. The molecular weight excluding hydrogens is 240 g/mol. The standard InChI is InChI=1S/C12H15BrO/c1-8(2)11-5-10(4-9(3)14)6-12(13)7-11/h5-8H,4H2,1-3H3. The topological polar surface area (TPSA) is 17.1 Å². The molecule has 76 valence electrons. The highest BCUT2D eigenvalue weighted by atomic mass is 79.9. The van der Waals surface area contributed by atoms with Crippen LogP contribution in [0.5, 0.6) is 0 Å². The lowest BCUT2D eigenvalue weighted by Gasteiger charge is -2.08. The molecule has 0 aliphatic heterocycles. The van der Waals surface area contributed by atoms with E-state index in [9.17, 15) is 4.79 Å². The summed E-state index contributed by atoms with van der Waals surface area (Å²) in [6.07, 6.45) is 0.527. The summed E-state index contributed by atoms with van der Waals surface area (Å²) in [6, 6.07) is 6.22. The number of ketones is 1. The van der Waals surface area contributed by atoms with Crippen molar-refractivity contribution in [2.75, 3.05) is 0 Å². The van der Waals surface area contributed by atoms with E-state index in [4.69, 9.17) is 0 Å². The molecule has 0 fully saturated rings. The third kappa shape index (κ3) is 3.26. The molecule has 0 heterocycles. The molecule has 0 amide bonds. The van der Waals surface area contributed by atoms with Crippen molar-refractivity contribution in [3.63, 3.8) is 0 Å². The van der Waals surface area contributed by atoms with Gasteiger partial charge in [0.1, 0.15) is 5.78 Å².